The second kappa shape index (κ2) is 6.62. The number of hydrogen-bond donors (Lipinski definition) is 3. The summed E-state index contributed by atoms with van der Waals surface area (Å²) in [5.41, 5.74) is 7.17. The number of aromatic nitrogens is 1. The average Bonchev–Trinajstić information content (AvgIpc) is 3.04. The molecule has 2 atom stereocenters. The summed E-state index contributed by atoms with van der Waals surface area (Å²) in [6.45, 7) is 3.24. The smallest absolute Gasteiger partial charge is 0.270 e. The van der Waals surface area contributed by atoms with Crippen LogP contribution < -0.4 is 5.73 Å². The molecule has 4 N–H and O–H groups in total. The zero-order valence-electron chi connectivity index (χ0n) is 13.6. The van der Waals surface area contributed by atoms with Gasteiger partial charge in [-0.05, 0) is 19.1 Å². The van der Waals surface area contributed by atoms with Crippen LogP contribution in [0.25, 0.3) is 10.9 Å². The highest BCUT2D eigenvalue weighted by molar-refractivity contribution is 5.98. The first-order valence-corrected chi connectivity index (χ1v) is 8.07. The number of piperazine rings is 1. The number of para-hydroxylation sites is 1. The van der Waals surface area contributed by atoms with E-state index in [2.05, 4.69) is 4.98 Å². The summed E-state index contributed by atoms with van der Waals surface area (Å²) >= 11 is 0. The molecular weight excluding hydrogens is 308 g/mol. The Morgan fingerprint density at radius 2 is 1.79 bits per heavy atom. The van der Waals surface area contributed by atoms with Gasteiger partial charge in [0.2, 0.25) is 5.91 Å². The minimum Gasteiger partial charge on any atom is -0.391 e. The standard InChI is InChI=1S/C17H22N4O3/c1-11(22)15(18)17(24)21-8-6-20(7-9-21)16(23)14-10-12-4-2-3-5-13(12)19-14/h2-5,10-11,15,19,22H,6-9,18H2,1H3/t11-,15-/m1/s1. The van der Waals surface area contributed by atoms with Crippen molar-refractivity contribution < 1.29 is 14.7 Å². The number of aromatic amines is 1. The molecule has 7 nitrogen and oxygen atoms in total. The first-order chi connectivity index (χ1) is 11.5. The molecule has 2 amide bonds. The first kappa shape index (κ1) is 16.5. The summed E-state index contributed by atoms with van der Waals surface area (Å²) < 4.78 is 0. The molecule has 0 unspecified atom stereocenters. The lowest BCUT2D eigenvalue weighted by Crippen LogP contribution is -2.56. The van der Waals surface area contributed by atoms with Gasteiger partial charge in [0, 0.05) is 37.1 Å². The number of hydrogen-bond acceptors (Lipinski definition) is 4. The number of aliphatic hydroxyl groups is 1. The lowest BCUT2D eigenvalue weighted by atomic mass is 10.1. The Balaban J connectivity index is 1.64. The highest BCUT2D eigenvalue weighted by atomic mass is 16.3. The van der Waals surface area contributed by atoms with E-state index >= 15 is 0 Å². The predicted octanol–water partition coefficient (Wildman–Crippen LogP) is 0.160. The molecule has 1 aromatic carbocycles. The fourth-order valence-electron chi connectivity index (χ4n) is 2.91. The molecule has 1 aromatic heterocycles. The van der Waals surface area contributed by atoms with Gasteiger partial charge in [0.25, 0.3) is 5.91 Å². The quantitative estimate of drug-likeness (QED) is 0.746. The van der Waals surface area contributed by atoms with E-state index in [1.807, 2.05) is 30.3 Å². The molecule has 1 aliphatic heterocycles. The van der Waals surface area contributed by atoms with Crippen molar-refractivity contribution in [3.05, 3.63) is 36.0 Å². The number of nitrogens with zero attached hydrogens (tertiary/aromatic N) is 2. The van der Waals surface area contributed by atoms with Crippen molar-refractivity contribution in [3.63, 3.8) is 0 Å². The number of aliphatic hydroxyl groups excluding tert-OH is 1. The Labute approximate surface area is 140 Å². The maximum absolute atomic E-state index is 12.6. The highest BCUT2D eigenvalue weighted by Crippen LogP contribution is 2.17. The highest BCUT2D eigenvalue weighted by Gasteiger charge is 2.29. The number of benzene rings is 1. The third-order valence-electron chi connectivity index (χ3n) is 4.44. The van der Waals surface area contributed by atoms with Crippen molar-refractivity contribution in [2.75, 3.05) is 26.2 Å². The third kappa shape index (κ3) is 3.13. The second-order valence-corrected chi connectivity index (χ2v) is 6.15. The van der Waals surface area contributed by atoms with Crippen molar-refractivity contribution in [3.8, 4) is 0 Å². The van der Waals surface area contributed by atoms with Crippen LogP contribution in [-0.4, -0.2) is 70.0 Å². The summed E-state index contributed by atoms with van der Waals surface area (Å²) in [5.74, 6) is -0.346. The minimum atomic E-state index is -0.916. The molecule has 7 heteroatoms. The van der Waals surface area contributed by atoms with Gasteiger partial charge in [-0.1, -0.05) is 18.2 Å². The molecule has 0 spiro atoms. The van der Waals surface area contributed by atoms with Gasteiger partial charge in [0.15, 0.2) is 0 Å². The molecule has 0 aliphatic carbocycles. The van der Waals surface area contributed by atoms with Gasteiger partial charge in [0.05, 0.1) is 6.10 Å². The van der Waals surface area contributed by atoms with Crippen molar-refractivity contribution >= 4 is 22.7 Å². The van der Waals surface area contributed by atoms with E-state index in [9.17, 15) is 14.7 Å². The monoisotopic (exact) mass is 330 g/mol. The van der Waals surface area contributed by atoms with Crippen LogP contribution in [-0.2, 0) is 4.79 Å². The van der Waals surface area contributed by atoms with E-state index < -0.39 is 12.1 Å². The topological polar surface area (TPSA) is 103 Å². The van der Waals surface area contributed by atoms with Crippen LogP contribution in [0.5, 0.6) is 0 Å². The van der Waals surface area contributed by atoms with Crippen molar-refractivity contribution in [1.82, 2.24) is 14.8 Å². The molecule has 0 bridgehead atoms. The number of carbonyl (C=O) groups is 2. The SMILES string of the molecule is C[C@@H](O)[C@@H](N)C(=O)N1CCN(C(=O)c2cc3ccccc3[nH]2)CC1. The Hall–Kier alpha value is -2.38. The maximum Gasteiger partial charge on any atom is 0.270 e. The van der Waals surface area contributed by atoms with E-state index in [0.29, 0.717) is 31.9 Å². The Morgan fingerprint density at radius 3 is 2.42 bits per heavy atom. The summed E-state index contributed by atoms with van der Waals surface area (Å²) in [6.07, 6.45) is -0.886. The second-order valence-electron chi connectivity index (χ2n) is 6.15. The molecule has 3 rings (SSSR count). The van der Waals surface area contributed by atoms with E-state index in [1.54, 1.807) is 9.80 Å². The number of nitrogens with two attached hydrogens (primary N) is 1. The van der Waals surface area contributed by atoms with Crippen molar-refractivity contribution in [2.45, 2.75) is 19.1 Å². The zero-order chi connectivity index (χ0) is 17.3. The molecule has 1 aliphatic rings. The summed E-state index contributed by atoms with van der Waals surface area (Å²) in [7, 11) is 0. The number of rotatable bonds is 3. The van der Waals surface area contributed by atoms with Crippen LogP contribution in [0.15, 0.2) is 30.3 Å². The third-order valence-corrected chi connectivity index (χ3v) is 4.44. The molecule has 0 radical (unpaired) electrons. The molecule has 128 valence electrons. The normalized spacial score (nSPS) is 17.8. The molecule has 2 heterocycles. The number of fused-ring (bicyclic) bond motifs is 1. The van der Waals surface area contributed by atoms with Gasteiger partial charge in [-0.2, -0.15) is 0 Å². The summed E-state index contributed by atoms with van der Waals surface area (Å²) in [6, 6.07) is 8.67. The molecule has 24 heavy (non-hydrogen) atoms. The first-order valence-electron chi connectivity index (χ1n) is 8.07. The molecule has 1 fully saturated rings. The fraction of sp³-hybridized carbons (Fsp3) is 0.412. The Morgan fingerprint density at radius 1 is 1.17 bits per heavy atom. The number of carbonyl (C=O) groups excluding carboxylic acids is 2. The van der Waals surface area contributed by atoms with Gasteiger partial charge < -0.3 is 25.6 Å². The van der Waals surface area contributed by atoms with Gasteiger partial charge >= 0.3 is 0 Å². The number of amides is 2. The van der Waals surface area contributed by atoms with E-state index in [1.165, 1.54) is 6.92 Å². The van der Waals surface area contributed by atoms with Crippen LogP contribution in [0.2, 0.25) is 0 Å². The lowest BCUT2D eigenvalue weighted by Gasteiger charge is -2.36. The summed E-state index contributed by atoms with van der Waals surface area (Å²) in [5, 5.41) is 10.4. The van der Waals surface area contributed by atoms with E-state index in [0.717, 1.165) is 10.9 Å². The largest absolute Gasteiger partial charge is 0.391 e. The van der Waals surface area contributed by atoms with Gasteiger partial charge in [-0.15, -0.1) is 0 Å². The van der Waals surface area contributed by atoms with Crippen LogP contribution in [0.4, 0.5) is 0 Å². The maximum atomic E-state index is 12.6. The summed E-state index contributed by atoms with van der Waals surface area (Å²) in [4.78, 5) is 31.2. The Kier molecular flexibility index (Phi) is 4.55. The van der Waals surface area contributed by atoms with Crippen LogP contribution in [0.1, 0.15) is 17.4 Å². The van der Waals surface area contributed by atoms with Crippen molar-refractivity contribution in [1.29, 1.82) is 0 Å². The zero-order valence-corrected chi connectivity index (χ0v) is 13.6. The number of H-pyrrole nitrogens is 1. The average molecular weight is 330 g/mol. The van der Waals surface area contributed by atoms with E-state index in [4.69, 9.17) is 5.73 Å². The minimum absolute atomic E-state index is 0.0712. The molecule has 0 saturated carbocycles. The van der Waals surface area contributed by atoms with Crippen LogP contribution in [0, 0.1) is 0 Å². The van der Waals surface area contributed by atoms with E-state index in [-0.39, 0.29) is 11.8 Å². The van der Waals surface area contributed by atoms with Gasteiger partial charge in [-0.25, -0.2) is 0 Å². The predicted molar refractivity (Wildman–Crippen MR) is 90.4 cm³/mol. The van der Waals surface area contributed by atoms with Crippen LogP contribution >= 0.6 is 0 Å². The van der Waals surface area contributed by atoms with Crippen LogP contribution in [0.3, 0.4) is 0 Å². The lowest BCUT2D eigenvalue weighted by molar-refractivity contribution is -0.136. The fourth-order valence-corrected chi connectivity index (χ4v) is 2.91. The molecule has 1 saturated heterocycles. The number of nitrogens with one attached hydrogen (secondary N) is 1. The van der Waals surface area contributed by atoms with Crippen molar-refractivity contribution in [2.24, 2.45) is 5.73 Å². The molecule has 2 aromatic rings. The van der Waals surface area contributed by atoms with Gasteiger partial charge in [0.1, 0.15) is 11.7 Å². The van der Waals surface area contributed by atoms with Gasteiger partial charge in [-0.3, -0.25) is 9.59 Å². The molecular formula is C17H22N4O3. The Bertz CT molecular complexity index is 714.